The Balaban J connectivity index is 1.97. The first-order chi connectivity index (χ1) is 9.66. The van der Waals surface area contributed by atoms with Gasteiger partial charge in [-0.25, -0.2) is 0 Å². The molecule has 0 radical (unpaired) electrons. The van der Waals surface area contributed by atoms with Crippen molar-refractivity contribution in [3.05, 3.63) is 47.2 Å². The zero-order valence-corrected chi connectivity index (χ0v) is 11.6. The third-order valence-corrected chi connectivity index (χ3v) is 4.13. The molecule has 0 aliphatic carbocycles. The number of amides is 1. The summed E-state index contributed by atoms with van der Waals surface area (Å²) < 4.78 is 0.901. The highest BCUT2D eigenvalue weighted by atomic mass is 32.1. The van der Waals surface area contributed by atoms with Crippen molar-refractivity contribution in [3.8, 4) is 0 Å². The summed E-state index contributed by atoms with van der Waals surface area (Å²) in [5, 5.41) is 2.83. The lowest BCUT2D eigenvalue weighted by molar-refractivity contribution is 0.103. The van der Waals surface area contributed by atoms with E-state index < -0.39 is 0 Å². The molecule has 20 heavy (non-hydrogen) atoms. The number of thiophene rings is 1. The molecule has 0 saturated carbocycles. The summed E-state index contributed by atoms with van der Waals surface area (Å²) >= 11 is 1.34. The van der Waals surface area contributed by atoms with Gasteiger partial charge in [0.25, 0.3) is 5.91 Å². The monoisotopic (exact) mass is 284 g/mol. The number of hydrogen-bond acceptors (Lipinski definition) is 5. The predicted octanol–water partition coefficient (Wildman–Crippen LogP) is 2.83. The van der Waals surface area contributed by atoms with Crippen LogP contribution in [-0.2, 0) is 0 Å². The van der Waals surface area contributed by atoms with Crippen LogP contribution in [0.3, 0.4) is 0 Å². The van der Waals surface area contributed by atoms with E-state index >= 15 is 0 Å². The van der Waals surface area contributed by atoms with Gasteiger partial charge in [0.1, 0.15) is 10.4 Å². The lowest BCUT2D eigenvalue weighted by atomic mass is 10.2. The minimum absolute atomic E-state index is 0.235. The second-order valence-electron chi connectivity index (χ2n) is 4.34. The van der Waals surface area contributed by atoms with Crippen LogP contribution in [0.1, 0.15) is 15.2 Å². The first kappa shape index (κ1) is 12.6. The molecule has 3 N–H and O–H groups in total. The van der Waals surface area contributed by atoms with E-state index in [1.54, 1.807) is 18.6 Å². The van der Waals surface area contributed by atoms with Crippen LogP contribution in [0.15, 0.2) is 36.8 Å². The van der Waals surface area contributed by atoms with Gasteiger partial charge in [-0.05, 0) is 30.7 Å². The van der Waals surface area contributed by atoms with E-state index in [1.807, 2.05) is 25.1 Å². The van der Waals surface area contributed by atoms with Gasteiger partial charge in [0, 0.05) is 12.4 Å². The number of nitrogens with zero attached hydrogens (tertiary/aromatic N) is 2. The molecule has 0 unspecified atom stereocenters. The van der Waals surface area contributed by atoms with Crippen LogP contribution < -0.4 is 11.1 Å². The zero-order chi connectivity index (χ0) is 14.1. The van der Waals surface area contributed by atoms with Gasteiger partial charge < -0.3 is 11.1 Å². The standard InChI is InChI=1S/C14H12N4OS/c1-8-4-6-16-7-9(8)18-14(19)13-11(15)12-10(20-13)3-2-5-17-12/h2-7H,15H2,1H3,(H,18,19). The van der Waals surface area contributed by atoms with E-state index in [4.69, 9.17) is 5.73 Å². The van der Waals surface area contributed by atoms with Crippen molar-refractivity contribution in [1.29, 1.82) is 0 Å². The molecule has 100 valence electrons. The molecule has 3 aromatic heterocycles. The van der Waals surface area contributed by atoms with Crippen LogP contribution >= 0.6 is 11.3 Å². The average Bonchev–Trinajstić information content (AvgIpc) is 2.79. The zero-order valence-electron chi connectivity index (χ0n) is 10.8. The summed E-state index contributed by atoms with van der Waals surface area (Å²) in [5.41, 5.74) is 8.73. The van der Waals surface area contributed by atoms with Crippen LogP contribution in [0.2, 0.25) is 0 Å². The van der Waals surface area contributed by atoms with E-state index in [1.165, 1.54) is 11.3 Å². The van der Waals surface area contributed by atoms with Crippen LogP contribution in [0, 0.1) is 6.92 Å². The molecule has 0 atom stereocenters. The number of carbonyl (C=O) groups excluding carboxylic acids is 1. The normalized spacial score (nSPS) is 10.7. The number of nitrogens with two attached hydrogens (primary N) is 1. The number of carbonyl (C=O) groups is 1. The summed E-state index contributed by atoms with van der Waals surface area (Å²) in [7, 11) is 0. The molecule has 0 aliphatic heterocycles. The highest BCUT2D eigenvalue weighted by Gasteiger charge is 2.17. The summed E-state index contributed by atoms with van der Waals surface area (Å²) in [5.74, 6) is -0.235. The van der Waals surface area contributed by atoms with Gasteiger partial charge in [0.05, 0.1) is 22.3 Å². The van der Waals surface area contributed by atoms with Crippen molar-refractivity contribution >= 4 is 38.8 Å². The first-order valence-corrected chi connectivity index (χ1v) is 6.83. The predicted molar refractivity (Wildman–Crippen MR) is 81.0 cm³/mol. The van der Waals surface area contributed by atoms with Crippen LogP contribution in [0.25, 0.3) is 10.2 Å². The molecule has 0 aliphatic rings. The Labute approximate surface area is 119 Å². The van der Waals surface area contributed by atoms with E-state index in [-0.39, 0.29) is 5.91 Å². The quantitative estimate of drug-likeness (QED) is 0.758. The Morgan fingerprint density at radius 2 is 2.20 bits per heavy atom. The van der Waals surface area contributed by atoms with Gasteiger partial charge in [0.2, 0.25) is 0 Å². The molecule has 0 aromatic carbocycles. The Morgan fingerprint density at radius 3 is 2.95 bits per heavy atom. The molecular weight excluding hydrogens is 272 g/mol. The van der Waals surface area contributed by atoms with E-state index in [9.17, 15) is 4.79 Å². The first-order valence-electron chi connectivity index (χ1n) is 6.02. The lowest BCUT2D eigenvalue weighted by Crippen LogP contribution is -2.13. The maximum Gasteiger partial charge on any atom is 0.268 e. The summed E-state index contributed by atoms with van der Waals surface area (Å²) in [4.78, 5) is 21.0. The molecule has 3 aromatic rings. The Bertz CT molecular complexity index is 797. The van der Waals surface area contributed by atoms with Crippen molar-refractivity contribution in [1.82, 2.24) is 9.97 Å². The molecule has 0 saturated heterocycles. The SMILES string of the molecule is Cc1ccncc1NC(=O)c1sc2cccnc2c1N. The van der Waals surface area contributed by atoms with E-state index in [2.05, 4.69) is 15.3 Å². The van der Waals surface area contributed by atoms with Crippen LogP contribution in [0.5, 0.6) is 0 Å². The fourth-order valence-electron chi connectivity index (χ4n) is 1.89. The van der Waals surface area contributed by atoms with Crippen molar-refractivity contribution in [2.45, 2.75) is 6.92 Å². The number of nitrogen functional groups attached to an aromatic ring is 1. The number of pyridine rings is 2. The molecule has 0 fully saturated rings. The van der Waals surface area contributed by atoms with E-state index in [0.29, 0.717) is 21.8 Å². The lowest BCUT2D eigenvalue weighted by Gasteiger charge is -2.06. The Hall–Kier alpha value is -2.47. The fraction of sp³-hybridized carbons (Fsp3) is 0.0714. The summed E-state index contributed by atoms with van der Waals surface area (Å²) in [6, 6.07) is 5.56. The average molecular weight is 284 g/mol. The van der Waals surface area contributed by atoms with E-state index in [0.717, 1.165) is 10.3 Å². The topological polar surface area (TPSA) is 80.9 Å². The highest BCUT2D eigenvalue weighted by molar-refractivity contribution is 7.21. The van der Waals surface area contributed by atoms with Crippen molar-refractivity contribution < 1.29 is 4.79 Å². The van der Waals surface area contributed by atoms with Gasteiger partial charge >= 0.3 is 0 Å². The Kier molecular flexibility index (Phi) is 3.08. The van der Waals surface area contributed by atoms with Crippen LogP contribution in [0.4, 0.5) is 11.4 Å². The molecule has 6 heteroatoms. The number of nitrogens with one attached hydrogen (secondary N) is 1. The Morgan fingerprint density at radius 1 is 1.35 bits per heavy atom. The molecular formula is C14H12N4OS. The third-order valence-electron chi connectivity index (χ3n) is 2.98. The number of anilines is 2. The van der Waals surface area contributed by atoms with Crippen LogP contribution in [-0.4, -0.2) is 15.9 Å². The van der Waals surface area contributed by atoms with Gasteiger partial charge in [-0.1, -0.05) is 0 Å². The smallest absolute Gasteiger partial charge is 0.268 e. The number of fused-ring (bicyclic) bond motifs is 1. The molecule has 0 spiro atoms. The molecule has 5 nitrogen and oxygen atoms in total. The number of aromatic nitrogens is 2. The summed E-state index contributed by atoms with van der Waals surface area (Å²) in [6.45, 7) is 1.91. The van der Waals surface area contributed by atoms with Gasteiger partial charge in [0.15, 0.2) is 0 Å². The number of hydrogen-bond donors (Lipinski definition) is 2. The highest BCUT2D eigenvalue weighted by Crippen LogP contribution is 2.32. The van der Waals surface area contributed by atoms with Crippen molar-refractivity contribution in [2.24, 2.45) is 0 Å². The second kappa shape index (κ2) is 4.90. The van der Waals surface area contributed by atoms with Crippen molar-refractivity contribution in [2.75, 3.05) is 11.1 Å². The van der Waals surface area contributed by atoms with Gasteiger partial charge in [-0.15, -0.1) is 11.3 Å². The maximum atomic E-state index is 12.3. The van der Waals surface area contributed by atoms with Gasteiger partial charge in [-0.3, -0.25) is 14.8 Å². The maximum absolute atomic E-state index is 12.3. The molecule has 3 rings (SSSR count). The number of rotatable bonds is 2. The fourth-order valence-corrected chi connectivity index (χ4v) is 2.87. The largest absolute Gasteiger partial charge is 0.396 e. The number of aryl methyl sites for hydroxylation is 1. The minimum Gasteiger partial charge on any atom is -0.396 e. The third kappa shape index (κ3) is 2.10. The van der Waals surface area contributed by atoms with Gasteiger partial charge in [-0.2, -0.15) is 0 Å². The van der Waals surface area contributed by atoms with Crippen molar-refractivity contribution in [3.63, 3.8) is 0 Å². The molecule has 0 bridgehead atoms. The second-order valence-corrected chi connectivity index (χ2v) is 5.39. The summed E-state index contributed by atoms with van der Waals surface area (Å²) in [6.07, 6.45) is 4.97. The molecule has 3 heterocycles. The minimum atomic E-state index is -0.235. The molecule has 1 amide bonds.